The third-order valence-corrected chi connectivity index (χ3v) is 2.75. The van der Waals surface area contributed by atoms with Crippen LogP contribution in [0.15, 0.2) is 0 Å². The highest BCUT2D eigenvalue weighted by atomic mass is 15.2. The highest BCUT2D eigenvalue weighted by Gasteiger charge is 2.22. The second-order valence-electron chi connectivity index (χ2n) is 3.71. The molecule has 0 bridgehead atoms. The predicted molar refractivity (Wildman–Crippen MR) is 48.8 cm³/mol. The van der Waals surface area contributed by atoms with Crippen LogP contribution in [0.1, 0.15) is 26.2 Å². The summed E-state index contributed by atoms with van der Waals surface area (Å²) in [5.74, 6) is 0. The number of nitrogens with zero attached hydrogens (tertiary/aromatic N) is 1. The monoisotopic (exact) mass is 156 g/mol. The second-order valence-corrected chi connectivity index (χ2v) is 3.71. The van der Waals surface area contributed by atoms with Gasteiger partial charge in [-0.3, -0.25) is 0 Å². The molecule has 1 aliphatic rings. The van der Waals surface area contributed by atoms with Gasteiger partial charge in [-0.05, 0) is 33.9 Å². The highest BCUT2D eigenvalue weighted by molar-refractivity contribution is 4.79. The molecule has 1 rings (SSSR count). The first-order chi connectivity index (χ1) is 5.24. The first kappa shape index (κ1) is 9.01. The van der Waals surface area contributed by atoms with Gasteiger partial charge in [-0.25, -0.2) is 0 Å². The van der Waals surface area contributed by atoms with Crippen LogP contribution in [0.2, 0.25) is 0 Å². The first-order valence-electron chi connectivity index (χ1n) is 4.61. The summed E-state index contributed by atoms with van der Waals surface area (Å²) >= 11 is 0. The number of rotatable bonds is 4. The minimum Gasteiger partial charge on any atom is -0.316 e. The number of hydrogen-bond acceptors (Lipinski definition) is 2. The van der Waals surface area contributed by atoms with Gasteiger partial charge in [0.1, 0.15) is 0 Å². The summed E-state index contributed by atoms with van der Waals surface area (Å²) in [5, 5.41) is 3.26. The van der Waals surface area contributed by atoms with E-state index in [1.807, 2.05) is 7.05 Å². The minimum atomic E-state index is 0.626. The Morgan fingerprint density at radius 1 is 1.55 bits per heavy atom. The van der Waals surface area contributed by atoms with E-state index in [1.54, 1.807) is 0 Å². The molecule has 0 radical (unpaired) electrons. The fraction of sp³-hybridized carbons (Fsp3) is 1.00. The molecule has 1 saturated carbocycles. The second kappa shape index (κ2) is 4.07. The zero-order chi connectivity index (χ0) is 8.27. The first-order valence-corrected chi connectivity index (χ1v) is 4.61. The van der Waals surface area contributed by atoms with Gasteiger partial charge in [0.25, 0.3) is 0 Å². The molecule has 1 atom stereocenters. The van der Waals surface area contributed by atoms with E-state index in [9.17, 15) is 0 Å². The molecule has 66 valence electrons. The van der Waals surface area contributed by atoms with Crippen molar-refractivity contribution < 1.29 is 0 Å². The van der Waals surface area contributed by atoms with E-state index in [2.05, 4.69) is 24.2 Å². The minimum absolute atomic E-state index is 0.626. The fourth-order valence-corrected chi connectivity index (χ4v) is 1.50. The molecule has 1 aliphatic carbocycles. The van der Waals surface area contributed by atoms with Gasteiger partial charge in [-0.15, -0.1) is 0 Å². The van der Waals surface area contributed by atoms with Crippen molar-refractivity contribution in [2.24, 2.45) is 0 Å². The summed E-state index contributed by atoms with van der Waals surface area (Å²) in [7, 11) is 4.26. The predicted octanol–water partition coefficient (Wildman–Crippen LogP) is 1.08. The normalized spacial score (nSPS) is 21.8. The molecule has 0 aromatic rings. The van der Waals surface area contributed by atoms with Gasteiger partial charge in [-0.2, -0.15) is 0 Å². The molecule has 0 amide bonds. The maximum atomic E-state index is 3.26. The highest BCUT2D eigenvalue weighted by Crippen LogP contribution is 2.23. The molecule has 1 fully saturated rings. The third-order valence-electron chi connectivity index (χ3n) is 2.75. The zero-order valence-electron chi connectivity index (χ0n) is 7.93. The average molecular weight is 156 g/mol. The molecule has 0 aliphatic heterocycles. The van der Waals surface area contributed by atoms with Crippen molar-refractivity contribution in [2.45, 2.75) is 38.3 Å². The van der Waals surface area contributed by atoms with Crippen molar-refractivity contribution in [3.8, 4) is 0 Å². The van der Waals surface area contributed by atoms with E-state index in [-0.39, 0.29) is 0 Å². The van der Waals surface area contributed by atoms with Crippen LogP contribution in [-0.4, -0.2) is 37.6 Å². The van der Waals surface area contributed by atoms with Gasteiger partial charge in [0, 0.05) is 18.6 Å². The van der Waals surface area contributed by atoms with E-state index < -0.39 is 0 Å². The van der Waals surface area contributed by atoms with Crippen molar-refractivity contribution in [3.63, 3.8) is 0 Å². The smallest absolute Gasteiger partial charge is 0.0163 e. The van der Waals surface area contributed by atoms with Crippen LogP contribution in [0.5, 0.6) is 0 Å². The third kappa shape index (κ3) is 2.46. The number of nitrogens with one attached hydrogen (secondary N) is 1. The lowest BCUT2D eigenvalue weighted by atomic mass is 9.92. The van der Waals surface area contributed by atoms with E-state index in [1.165, 1.54) is 25.8 Å². The van der Waals surface area contributed by atoms with Crippen LogP contribution in [-0.2, 0) is 0 Å². The summed E-state index contributed by atoms with van der Waals surface area (Å²) < 4.78 is 0. The Labute approximate surface area is 70.0 Å². The van der Waals surface area contributed by atoms with Gasteiger partial charge in [-0.1, -0.05) is 6.42 Å². The van der Waals surface area contributed by atoms with Crippen LogP contribution >= 0.6 is 0 Å². The van der Waals surface area contributed by atoms with E-state index in [0.717, 1.165) is 6.04 Å². The Morgan fingerprint density at radius 2 is 2.18 bits per heavy atom. The maximum Gasteiger partial charge on any atom is 0.0163 e. The molecule has 0 spiro atoms. The fourth-order valence-electron chi connectivity index (χ4n) is 1.50. The quantitative estimate of drug-likeness (QED) is 0.655. The lowest BCUT2D eigenvalue weighted by molar-refractivity contribution is 0.149. The summed E-state index contributed by atoms with van der Waals surface area (Å²) in [6.45, 7) is 3.41. The topological polar surface area (TPSA) is 15.3 Å². The molecule has 0 saturated heterocycles. The molecule has 1 N–H and O–H groups in total. The van der Waals surface area contributed by atoms with Crippen molar-refractivity contribution >= 4 is 0 Å². The SMILES string of the molecule is CN[C@H](C)CN(C)C1CCC1. The number of likely N-dealkylation sites (N-methyl/N-ethyl adjacent to an activating group) is 2. The van der Waals surface area contributed by atoms with Crippen LogP contribution in [0, 0.1) is 0 Å². The van der Waals surface area contributed by atoms with Crippen LogP contribution < -0.4 is 5.32 Å². The molecular formula is C9H20N2. The zero-order valence-corrected chi connectivity index (χ0v) is 7.93. The Balaban J connectivity index is 2.13. The van der Waals surface area contributed by atoms with Gasteiger partial charge in [0.2, 0.25) is 0 Å². The van der Waals surface area contributed by atoms with Crippen molar-refractivity contribution in [1.29, 1.82) is 0 Å². The Bertz CT molecular complexity index is 110. The van der Waals surface area contributed by atoms with Crippen molar-refractivity contribution in [3.05, 3.63) is 0 Å². The summed E-state index contributed by atoms with van der Waals surface area (Å²) in [6.07, 6.45) is 4.25. The van der Waals surface area contributed by atoms with Gasteiger partial charge < -0.3 is 10.2 Å². The Kier molecular flexibility index (Phi) is 3.34. The van der Waals surface area contributed by atoms with Crippen LogP contribution in [0.4, 0.5) is 0 Å². The summed E-state index contributed by atoms with van der Waals surface area (Å²) in [4.78, 5) is 2.48. The largest absolute Gasteiger partial charge is 0.316 e. The molecule has 11 heavy (non-hydrogen) atoms. The van der Waals surface area contributed by atoms with E-state index in [4.69, 9.17) is 0 Å². The molecule has 0 aromatic heterocycles. The van der Waals surface area contributed by atoms with Crippen molar-refractivity contribution in [2.75, 3.05) is 20.6 Å². The molecule has 0 unspecified atom stereocenters. The molecule has 0 aromatic carbocycles. The standard InChI is InChI=1S/C9H20N2/c1-8(10-2)7-11(3)9-5-4-6-9/h8-10H,4-7H2,1-3H3/t8-/m1/s1. The van der Waals surface area contributed by atoms with Gasteiger partial charge in [0.15, 0.2) is 0 Å². The molecule has 2 heteroatoms. The lowest BCUT2D eigenvalue weighted by Gasteiger charge is -2.36. The summed E-state index contributed by atoms with van der Waals surface area (Å²) in [6, 6.07) is 1.51. The average Bonchev–Trinajstić information content (AvgIpc) is 1.83. The van der Waals surface area contributed by atoms with Crippen LogP contribution in [0.3, 0.4) is 0 Å². The van der Waals surface area contributed by atoms with Gasteiger partial charge in [0.05, 0.1) is 0 Å². The maximum absolute atomic E-state index is 3.26. The van der Waals surface area contributed by atoms with E-state index in [0.29, 0.717) is 6.04 Å². The Hall–Kier alpha value is -0.0800. The van der Waals surface area contributed by atoms with Crippen molar-refractivity contribution in [1.82, 2.24) is 10.2 Å². The molecular weight excluding hydrogens is 136 g/mol. The van der Waals surface area contributed by atoms with Crippen LogP contribution in [0.25, 0.3) is 0 Å². The molecule has 0 heterocycles. The number of hydrogen-bond donors (Lipinski definition) is 1. The summed E-state index contributed by atoms with van der Waals surface area (Å²) in [5.41, 5.74) is 0. The molecule has 2 nitrogen and oxygen atoms in total. The lowest BCUT2D eigenvalue weighted by Crippen LogP contribution is -2.43. The Morgan fingerprint density at radius 3 is 2.55 bits per heavy atom. The van der Waals surface area contributed by atoms with Gasteiger partial charge >= 0.3 is 0 Å². The van der Waals surface area contributed by atoms with E-state index >= 15 is 0 Å².